The molecule has 0 fully saturated rings. The number of hydrogen-bond donors (Lipinski definition) is 0. The molecule has 62 valence electrons. The summed E-state index contributed by atoms with van der Waals surface area (Å²) < 4.78 is 6.13. The maximum atomic E-state index is 4.82. The van der Waals surface area contributed by atoms with Gasteiger partial charge in [-0.3, -0.25) is 0 Å². The molecule has 0 radical (unpaired) electrons. The van der Waals surface area contributed by atoms with Gasteiger partial charge in [-0.15, -0.1) is 0 Å². The standard InChI is InChI=1S/C10H10OSe/c1-11-8-5-9-12-10-6-3-2-4-7-10/h2-4,6-7H,8H2,1H3. The van der Waals surface area contributed by atoms with Crippen molar-refractivity contribution < 1.29 is 4.74 Å². The van der Waals surface area contributed by atoms with Crippen molar-refractivity contribution in [3.8, 4) is 10.7 Å². The van der Waals surface area contributed by atoms with Crippen molar-refractivity contribution in [1.82, 2.24) is 0 Å². The van der Waals surface area contributed by atoms with Crippen LogP contribution in [-0.2, 0) is 4.74 Å². The maximum absolute atomic E-state index is 4.82. The Morgan fingerprint density at radius 2 is 2.08 bits per heavy atom. The van der Waals surface area contributed by atoms with E-state index in [9.17, 15) is 0 Å². The van der Waals surface area contributed by atoms with E-state index in [0.717, 1.165) is 0 Å². The fourth-order valence-electron chi connectivity index (χ4n) is 0.685. The van der Waals surface area contributed by atoms with Crippen molar-refractivity contribution >= 4 is 19.4 Å². The van der Waals surface area contributed by atoms with E-state index in [4.69, 9.17) is 4.74 Å². The first-order valence-electron chi connectivity index (χ1n) is 3.62. The normalized spacial score (nSPS) is 8.75. The molecule has 0 aromatic heterocycles. The molecule has 12 heavy (non-hydrogen) atoms. The van der Waals surface area contributed by atoms with E-state index in [1.165, 1.54) is 4.46 Å². The van der Waals surface area contributed by atoms with Gasteiger partial charge in [0.1, 0.15) is 0 Å². The van der Waals surface area contributed by atoms with E-state index in [-0.39, 0.29) is 15.0 Å². The van der Waals surface area contributed by atoms with Crippen molar-refractivity contribution in [3.05, 3.63) is 30.3 Å². The predicted octanol–water partition coefficient (Wildman–Crippen LogP) is 0.623. The van der Waals surface area contributed by atoms with E-state index in [2.05, 4.69) is 22.9 Å². The van der Waals surface area contributed by atoms with Crippen LogP contribution in [0.4, 0.5) is 0 Å². The van der Waals surface area contributed by atoms with Crippen LogP contribution in [0.25, 0.3) is 0 Å². The van der Waals surface area contributed by atoms with Crippen LogP contribution in [0.2, 0.25) is 0 Å². The van der Waals surface area contributed by atoms with Crippen LogP contribution < -0.4 is 4.46 Å². The number of rotatable bonds is 2. The van der Waals surface area contributed by atoms with E-state index in [1.54, 1.807) is 7.11 Å². The van der Waals surface area contributed by atoms with Crippen molar-refractivity contribution in [2.45, 2.75) is 0 Å². The second-order valence-corrected chi connectivity index (χ2v) is 3.97. The van der Waals surface area contributed by atoms with Gasteiger partial charge in [0.25, 0.3) is 0 Å². The molecule has 0 aliphatic rings. The minimum absolute atomic E-state index is 0.278. The zero-order chi connectivity index (χ0) is 8.65. The van der Waals surface area contributed by atoms with Gasteiger partial charge < -0.3 is 0 Å². The molecule has 0 amide bonds. The summed E-state index contributed by atoms with van der Waals surface area (Å²) in [6, 6.07) is 10.3. The first kappa shape index (κ1) is 9.35. The van der Waals surface area contributed by atoms with Gasteiger partial charge in [-0.05, 0) is 0 Å². The zero-order valence-corrected chi connectivity index (χ0v) is 8.62. The molecular formula is C10H10OSe. The van der Waals surface area contributed by atoms with Crippen LogP contribution in [0, 0.1) is 10.7 Å². The molecular weight excluding hydrogens is 215 g/mol. The van der Waals surface area contributed by atoms with Gasteiger partial charge in [-0.1, -0.05) is 0 Å². The van der Waals surface area contributed by atoms with Gasteiger partial charge in [0, 0.05) is 0 Å². The summed E-state index contributed by atoms with van der Waals surface area (Å²) in [6.07, 6.45) is 0. The van der Waals surface area contributed by atoms with Gasteiger partial charge in [-0.25, -0.2) is 0 Å². The fraction of sp³-hybridized carbons (Fsp3) is 0.200. The molecule has 0 heterocycles. The monoisotopic (exact) mass is 226 g/mol. The van der Waals surface area contributed by atoms with Crippen molar-refractivity contribution in [1.29, 1.82) is 0 Å². The molecule has 0 N–H and O–H groups in total. The van der Waals surface area contributed by atoms with Crippen LogP contribution in [0.5, 0.6) is 0 Å². The Balaban J connectivity index is 2.40. The first-order valence-corrected chi connectivity index (χ1v) is 5.33. The Morgan fingerprint density at radius 3 is 2.75 bits per heavy atom. The quantitative estimate of drug-likeness (QED) is 0.529. The third kappa shape index (κ3) is 3.59. The van der Waals surface area contributed by atoms with Crippen LogP contribution in [-0.4, -0.2) is 28.7 Å². The Morgan fingerprint density at radius 1 is 1.33 bits per heavy atom. The van der Waals surface area contributed by atoms with Gasteiger partial charge in [-0.2, -0.15) is 0 Å². The summed E-state index contributed by atoms with van der Waals surface area (Å²) in [6.45, 7) is 0.536. The molecule has 2 heteroatoms. The molecule has 0 aliphatic carbocycles. The fourth-order valence-corrected chi connectivity index (χ4v) is 1.82. The summed E-state index contributed by atoms with van der Waals surface area (Å²) >= 11 is 0.278. The van der Waals surface area contributed by atoms with E-state index in [0.29, 0.717) is 6.61 Å². The van der Waals surface area contributed by atoms with Gasteiger partial charge in [0.15, 0.2) is 0 Å². The van der Waals surface area contributed by atoms with Crippen molar-refractivity contribution in [2.24, 2.45) is 0 Å². The second kappa shape index (κ2) is 5.85. The summed E-state index contributed by atoms with van der Waals surface area (Å²) in [7, 11) is 1.66. The average molecular weight is 225 g/mol. The Bertz CT molecular complexity index is 271. The molecule has 1 aromatic carbocycles. The number of methoxy groups -OCH3 is 1. The topological polar surface area (TPSA) is 9.23 Å². The summed E-state index contributed by atoms with van der Waals surface area (Å²) in [5.74, 6) is 2.94. The van der Waals surface area contributed by atoms with Gasteiger partial charge in [0.2, 0.25) is 0 Å². The number of benzene rings is 1. The first-order chi connectivity index (χ1) is 5.93. The SMILES string of the molecule is COCC#C[Se]c1ccccc1. The predicted molar refractivity (Wildman–Crippen MR) is 51.5 cm³/mol. The third-order valence-electron chi connectivity index (χ3n) is 1.20. The Labute approximate surface area is 79.3 Å². The minimum atomic E-state index is 0.278. The van der Waals surface area contributed by atoms with Gasteiger partial charge >= 0.3 is 78.9 Å². The molecule has 0 aliphatic heterocycles. The second-order valence-electron chi connectivity index (χ2n) is 2.13. The van der Waals surface area contributed by atoms with E-state index < -0.39 is 0 Å². The van der Waals surface area contributed by atoms with Crippen molar-refractivity contribution in [2.75, 3.05) is 13.7 Å². The number of ether oxygens (including phenoxy) is 1. The Hall–Kier alpha value is -0.741. The van der Waals surface area contributed by atoms with Crippen LogP contribution in [0.15, 0.2) is 30.3 Å². The van der Waals surface area contributed by atoms with E-state index in [1.807, 2.05) is 18.2 Å². The zero-order valence-electron chi connectivity index (χ0n) is 6.91. The third-order valence-corrected chi connectivity index (χ3v) is 2.78. The summed E-state index contributed by atoms with van der Waals surface area (Å²) in [4.78, 5) is 3.09. The molecule has 0 atom stereocenters. The molecule has 0 unspecified atom stereocenters. The van der Waals surface area contributed by atoms with Crippen LogP contribution in [0.1, 0.15) is 0 Å². The summed E-state index contributed by atoms with van der Waals surface area (Å²) in [5.41, 5.74) is 0. The Kier molecular flexibility index (Phi) is 4.56. The molecule has 0 saturated carbocycles. The van der Waals surface area contributed by atoms with E-state index >= 15 is 0 Å². The molecule has 0 saturated heterocycles. The van der Waals surface area contributed by atoms with Crippen LogP contribution >= 0.6 is 0 Å². The van der Waals surface area contributed by atoms with Gasteiger partial charge in [0.05, 0.1) is 0 Å². The summed E-state index contributed by atoms with van der Waals surface area (Å²) in [5, 5.41) is 0. The average Bonchev–Trinajstić information content (AvgIpc) is 2.14. The molecule has 0 spiro atoms. The van der Waals surface area contributed by atoms with Crippen molar-refractivity contribution in [3.63, 3.8) is 0 Å². The van der Waals surface area contributed by atoms with Crippen LogP contribution in [0.3, 0.4) is 0 Å². The molecule has 0 bridgehead atoms. The molecule has 1 nitrogen and oxygen atoms in total. The molecule has 1 aromatic rings. The molecule has 1 rings (SSSR count). The number of hydrogen-bond acceptors (Lipinski definition) is 1.